The highest BCUT2D eigenvalue weighted by atomic mass is 16.5. The number of amides is 4. The third-order valence-corrected chi connectivity index (χ3v) is 8.67. The van der Waals surface area contributed by atoms with E-state index in [9.17, 15) is 19.2 Å². The fourth-order valence-electron chi connectivity index (χ4n) is 6.23. The Balaban J connectivity index is 1.28. The molecule has 8 heteroatoms. The molecule has 8 nitrogen and oxygen atoms in total. The molecule has 0 aliphatic carbocycles. The number of benzene rings is 5. The third kappa shape index (κ3) is 4.93. The normalized spacial score (nSPS) is 13.7. The van der Waals surface area contributed by atoms with Gasteiger partial charge in [-0.05, 0) is 86.3 Å². The first kappa shape index (κ1) is 30.6. The summed E-state index contributed by atoms with van der Waals surface area (Å²) in [4.78, 5) is 57.5. The summed E-state index contributed by atoms with van der Waals surface area (Å²) in [7, 11) is 0. The average Bonchev–Trinajstić information content (AvgIpc) is 3.49. The van der Waals surface area contributed by atoms with Gasteiger partial charge in [-0.15, -0.1) is 0 Å². The molecule has 2 aliphatic heterocycles. The molecule has 2 heterocycles. The van der Waals surface area contributed by atoms with Gasteiger partial charge in [0, 0.05) is 0 Å². The van der Waals surface area contributed by atoms with Gasteiger partial charge >= 0.3 is 0 Å². The van der Waals surface area contributed by atoms with Gasteiger partial charge in [0.25, 0.3) is 23.6 Å². The van der Waals surface area contributed by atoms with Gasteiger partial charge < -0.3 is 9.47 Å². The maximum Gasteiger partial charge on any atom is 0.266 e. The fraction of sp³-hybridized carbons (Fsp3) is 0.150. The second-order valence-electron chi connectivity index (χ2n) is 11.8. The molecule has 5 aromatic carbocycles. The first-order chi connectivity index (χ1) is 23.2. The Hall–Kier alpha value is -6.02. The lowest BCUT2D eigenvalue weighted by atomic mass is 9.99. The number of hydrogen-bond donors (Lipinski definition) is 0. The van der Waals surface area contributed by atoms with Crippen LogP contribution in [0.15, 0.2) is 97.1 Å². The predicted molar refractivity (Wildman–Crippen MR) is 184 cm³/mol. The van der Waals surface area contributed by atoms with Gasteiger partial charge in [-0.1, -0.05) is 71.8 Å². The van der Waals surface area contributed by atoms with E-state index in [-0.39, 0.29) is 58.3 Å². The molecule has 0 aromatic heterocycles. The van der Waals surface area contributed by atoms with Crippen LogP contribution in [0.5, 0.6) is 11.5 Å². The summed E-state index contributed by atoms with van der Waals surface area (Å²) in [6.45, 7) is 7.86. The van der Waals surface area contributed by atoms with Crippen LogP contribution in [-0.2, 0) is 0 Å². The molecule has 0 spiro atoms. The summed E-state index contributed by atoms with van der Waals surface area (Å²) < 4.78 is 12.1. The zero-order chi connectivity index (χ0) is 33.7. The molecule has 0 fully saturated rings. The Morgan fingerprint density at radius 1 is 0.438 bits per heavy atom. The van der Waals surface area contributed by atoms with Gasteiger partial charge in [-0.2, -0.15) is 0 Å². The van der Waals surface area contributed by atoms with E-state index < -0.39 is 23.6 Å². The van der Waals surface area contributed by atoms with Crippen molar-refractivity contribution < 1.29 is 28.7 Å². The smallest absolute Gasteiger partial charge is 0.266 e. The lowest BCUT2D eigenvalue weighted by Crippen LogP contribution is -2.32. The van der Waals surface area contributed by atoms with E-state index in [1.165, 1.54) is 12.1 Å². The molecular formula is C40H32N2O6. The van der Waals surface area contributed by atoms with E-state index in [2.05, 4.69) is 0 Å². The number of hydrogen-bond acceptors (Lipinski definition) is 6. The molecule has 0 saturated carbocycles. The topological polar surface area (TPSA) is 93.2 Å². The van der Waals surface area contributed by atoms with Crippen LogP contribution in [0.25, 0.3) is 22.3 Å². The second-order valence-corrected chi connectivity index (χ2v) is 11.8. The van der Waals surface area contributed by atoms with Gasteiger partial charge in [0.2, 0.25) is 0 Å². The molecule has 0 atom stereocenters. The molecule has 4 amide bonds. The Kier molecular flexibility index (Phi) is 7.64. The van der Waals surface area contributed by atoms with E-state index in [0.717, 1.165) is 43.2 Å². The minimum atomic E-state index is -0.510. The van der Waals surface area contributed by atoms with Crippen LogP contribution in [0.1, 0.15) is 66.4 Å². The SMILES string of the molecule is CCOc1c(N2C(=O)c3ccc(-c4ccc(C)cc4)cc3C2=O)ccc(N2C(=O)c3ccc(-c4ccc(C)cc4)cc3C2=O)c1OCC. The first-order valence-corrected chi connectivity index (χ1v) is 15.8. The monoisotopic (exact) mass is 636 g/mol. The third-order valence-electron chi connectivity index (χ3n) is 8.67. The number of carbonyl (C=O) groups is 4. The summed E-state index contributed by atoms with van der Waals surface area (Å²) in [6, 6.07) is 29.3. The molecule has 0 radical (unpaired) electrons. The number of fused-ring (bicyclic) bond motifs is 2. The van der Waals surface area contributed by atoms with E-state index in [0.29, 0.717) is 0 Å². The van der Waals surface area contributed by atoms with Crippen LogP contribution in [0.3, 0.4) is 0 Å². The average molecular weight is 637 g/mol. The standard InChI is InChI=1S/C40H32N2O6/c1-5-47-35-33(41-37(43)29-17-15-27(21-31(29)39(41)45)25-11-7-23(3)8-12-25)19-20-34(36(35)48-6-2)42-38(44)30-18-16-28(22-32(30)40(42)46)26-13-9-24(4)10-14-26/h7-22H,5-6H2,1-4H3. The summed E-state index contributed by atoms with van der Waals surface area (Å²) in [5.74, 6) is -1.87. The van der Waals surface area contributed by atoms with E-state index in [1.54, 1.807) is 38.1 Å². The molecule has 238 valence electrons. The molecule has 48 heavy (non-hydrogen) atoms. The van der Waals surface area contributed by atoms with Crippen molar-refractivity contribution in [3.05, 3.63) is 130 Å². The minimum Gasteiger partial charge on any atom is -0.488 e. The van der Waals surface area contributed by atoms with Crippen LogP contribution in [0.2, 0.25) is 0 Å². The van der Waals surface area contributed by atoms with E-state index in [4.69, 9.17) is 9.47 Å². The maximum absolute atomic E-state index is 13.9. The quantitative estimate of drug-likeness (QED) is 0.160. The van der Waals surface area contributed by atoms with Crippen molar-refractivity contribution in [1.82, 2.24) is 0 Å². The van der Waals surface area contributed by atoms with Crippen molar-refractivity contribution in [2.24, 2.45) is 0 Å². The second kappa shape index (κ2) is 12.0. The van der Waals surface area contributed by atoms with Crippen LogP contribution < -0.4 is 19.3 Å². The van der Waals surface area contributed by atoms with Crippen LogP contribution in [0, 0.1) is 13.8 Å². The lowest BCUT2D eigenvalue weighted by Gasteiger charge is -2.25. The van der Waals surface area contributed by atoms with Crippen LogP contribution in [0.4, 0.5) is 11.4 Å². The number of anilines is 2. The Morgan fingerprint density at radius 3 is 1.12 bits per heavy atom. The Morgan fingerprint density at radius 2 is 0.771 bits per heavy atom. The number of aryl methyl sites for hydroxylation is 2. The molecule has 2 aliphatic rings. The predicted octanol–water partition coefficient (Wildman–Crippen LogP) is 8.04. The van der Waals surface area contributed by atoms with Crippen molar-refractivity contribution in [2.75, 3.05) is 23.0 Å². The summed E-state index contributed by atoms with van der Waals surface area (Å²) >= 11 is 0. The fourth-order valence-corrected chi connectivity index (χ4v) is 6.23. The number of nitrogens with zero attached hydrogens (tertiary/aromatic N) is 2. The van der Waals surface area contributed by atoms with Crippen LogP contribution in [-0.4, -0.2) is 36.8 Å². The Labute approximate surface area is 278 Å². The van der Waals surface area contributed by atoms with Crippen molar-refractivity contribution >= 4 is 35.0 Å². The largest absolute Gasteiger partial charge is 0.488 e. The van der Waals surface area contributed by atoms with Crippen LogP contribution >= 0.6 is 0 Å². The van der Waals surface area contributed by atoms with Crippen molar-refractivity contribution in [2.45, 2.75) is 27.7 Å². The van der Waals surface area contributed by atoms with E-state index in [1.807, 2.05) is 74.5 Å². The zero-order valence-corrected chi connectivity index (χ0v) is 27.0. The molecule has 0 N–H and O–H groups in total. The lowest BCUT2D eigenvalue weighted by molar-refractivity contribution is 0.0907. The molecule has 0 bridgehead atoms. The van der Waals surface area contributed by atoms with Gasteiger partial charge in [0.05, 0.1) is 46.8 Å². The molecule has 0 saturated heterocycles. The summed E-state index contributed by atoms with van der Waals surface area (Å²) in [5, 5.41) is 0. The molecule has 7 rings (SSSR count). The van der Waals surface area contributed by atoms with Crippen molar-refractivity contribution in [1.29, 1.82) is 0 Å². The van der Waals surface area contributed by atoms with E-state index >= 15 is 0 Å². The first-order valence-electron chi connectivity index (χ1n) is 15.8. The molecule has 0 unspecified atom stereocenters. The minimum absolute atomic E-state index is 0.0852. The summed E-state index contributed by atoms with van der Waals surface area (Å²) in [6.07, 6.45) is 0. The van der Waals surface area contributed by atoms with Gasteiger partial charge in [0.15, 0.2) is 11.5 Å². The van der Waals surface area contributed by atoms with Gasteiger partial charge in [0.1, 0.15) is 0 Å². The molecular weight excluding hydrogens is 604 g/mol. The highest BCUT2D eigenvalue weighted by Gasteiger charge is 2.42. The Bertz CT molecular complexity index is 2000. The van der Waals surface area contributed by atoms with Crippen molar-refractivity contribution in [3.63, 3.8) is 0 Å². The zero-order valence-electron chi connectivity index (χ0n) is 27.0. The molecule has 5 aromatic rings. The maximum atomic E-state index is 13.9. The number of ether oxygens (including phenoxy) is 2. The number of carbonyl (C=O) groups excluding carboxylic acids is 4. The number of rotatable bonds is 8. The summed E-state index contributed by atoms with van der Waals surface area (Å²) in [5.41, 5.74) is 7.08. The van der Waals surface area contributed by atoms with Crippen molar-refractivity contribution in [3.8, 4) is 33.8 Å². The number of imide groups is 2. The highest BCUT2D eigenvalue weighted by Crippen LogP contribution is 2.48. The van der Waals surface area contributed by atoms with Gasteiger partial charge in [-0.3, -0.25) is 19.2 Å². The van der Waals surface area contributed by atoms with Gasteiger partial charge in [-0.25, -0.2) is 9.80 Å². The highest BCUT2D eigenvalue weighted by molar-refractivity contribution is 6.37.